The van der Waals surface area contributed by atoms with Gasteiger partial charge in [0.05, 0.1) is 25.0 Å². The largest absolute Gasteiger partial charge is 0.552 e. The molecule has 3 rings (SSSR count). The van der Waals surface area contributed by atoms with Crippen molar-refractivity contribution in [2.75, 3.05) is 28.2 Å². The van der Waals surface area contributed by atoms with Gasteiger partial charge in [0, 0.05) is 47.0 Å². The summed E-state index contributed by atoms with van der Waals surface area (Å²) >= 11 is 0. The number of aromatic nitrogens is 2. The van der Waals surface area contributed by atoms with E-state index in [-0.39, 0.29) is 18.0 Å². The fourth-order valence-corrected chi connectivity index (χ4v) is 4.50. The van der Waals surface area contributed by atoms with Crippen LogP contribution < -0.4 is 10.6 Å². The zero-order chi connectivity index (χ0) is 31.7. The van der Waals surface area contributed by atoms with Crippen molar-refractivity contribution in [1.82, 2.24) is 30.4 Å². The Morgan fingerprint density at radius 3 is 2.12 bits per heavy atom. The van der Waals surface area contributed by atoms with Crippen LogP contribution in [0.2, 0.25) is 0 Å². The first kappa shape index (κ1) is 33.2. The van der Waals surface area contributed by atoms with Crippen molar-refractivity contribution in [3.05, 3.63) is 60.2 Å². The van der Waals surface area contributed by atoms with Gasteiger partial charge in [0.15, 0.2) is 5.60 Å². The molecule has 4 amide bonds. The molecule has 230 valence electrons. The Balaban J connectivity index is 1.88. The molecule has 1 saturated heterocycles. The molecule has 0 unspecified atom stereocenters. The summed E-state index contributed by atoms with van der Waals surface area (Å²) < 4.78 is 11.8. The van der Waals surface area contributed by atoms with Crippen LogP contribution in [0.15, 0.2) is 48.9 Å². The smallest absolute Gasteiger partial charge is 0.506 e. The second-order valence-electron chi connectivity index (χ2n) is 11.4. The number of rotatable bonds is 13. The Hall–Kier alpha value is -4.33. The molecule has 1 aromatic heterocycles. The van der Waals surface area contributed by atoms with Crippen molar-refractivity contribution in [3.8, 4) is 0 Å². The van der Waals surface area contributed by atoms with E-state index in [0.717, 1.165) is 5.56 Å². The van der Waals surface area contributed by atoms with E-state index in [2.05, 4.69) is 20.6 Å². The molecule has 0 bridgehead atoms. The lowest BCUT2D eigenvalue weighted by molar-refractivity contribution is -0.153. The predicted molar refractivity (Wildman–Crippen MR) is 157 cm³/mol. The third-order valence-corrected chi connectivity index (χ3v) is 6.89. The van der Waals surface area contributed by atoms with Gasteiger partial charge >= 0.3 is 13.1 Å². The molecule has 1 fully saturated rings. The number of benzene rings is 1. The van der Waals surface area contributed by atoms with Gasteiger partial charge in [-0.15, -0.1) is 0 Å². The maximum atomic E-state index is 13.8. The number of amides is 4. The normalized spacial score (nSPS) is 15.3. The lowest BCUT2D eigenvalue weighted by Gasteiger charge is -2.28. The molecular formula is C29H39BN6O7. The maximum Gasteiger partial charge on any atom is 0.552 e. The van der Waals surface area contributed by atoms with Gasteiger partial charge in [0.2, 0.25) is 17.7 Å². The summed E-state index contributed by atoms with van der Waals surface area (Å²) in [5.41, 5.74) is -1.02. The molecule has 2 heterocycles. The zero-order valence-corrected chi connectivity index (χ0v) is 25.4. The van der Waals surface area contributed by atoms with Gasteiger partial charge in [-0.3, -0.25) is 29.0 Å². The van der Waals surface area contributed by atoms with E-state index in [0.29, 0.717) is 6.42 Å². The van der Waals surface area contributed by atoms with Gasteiger partial charge in [0.25, 0.3) is 5.91 Å². The second kappa shape index (κ2) is 14.7. The summed E-state index contributed by atoms with van der Waals surface area (Å²) in [4.78, 5) is 76.0. The minimum atomic E-state index is -1.86. The first-order valence-electron chi connectivity index (χ1n) is 14.0. The van der Waals surface area contributed by atoms with Crippen LogP contribution in [0, 0.1) is 5.92 Å². The predicted octanol–water partition coefficient (Wildman–Crippen LogP) is 0.645. The average Bonchev–Trinajstić information content (AvgIpc) is 3.27. The van der Waals surface area contributed by atoms with Crippen molar-refractivity contribution in [2.24, 2.45) is 5.92 Å². The van der Waals surface area contributed by atoms with E-state index in [1.54, 1.807) is 0 Å². The summed E-state index contributed by atoms with van der Waals surface area (Å²) in [7, 11) is 4.85. The Kier molecular flexibility index (Phi) is 11.4. The molecule has 0 saturated carbocycles. The van der Waals surface area contributed by atoms with E-state index in [1.807, 2.05) is 44.2 Å². The van der Waals surface area contributed by atoms with Gasteiger partial charge in [-0.05, 0) is 17.9 Å². The third-order valence-electron chi connectivity index (χ3n) is 6.89. The van der Waals surface area contributed by atoms with Crippen LogP contribution in [0.4, 0.5) is 0 Å². The summed E-state index contributed by atoms with van der Waals surface area (Å²) in [5, 5.41) is 5.63. The number of nitrogens with zero attached hydrogens (tertiary/aromatic N) is 4. The SMILES string of the molecule is CC(C)C[C@H](NC(=O)[C@H](Cc1ccccc1)NC(=O)c1cnccn1)B1OC(=O)C(CC(=O)N(C)C)(CC(=O)N(C)C)O1. The minimum Gasteiger partial charge on any atom is -0.506 e. The summed E-state index contributed by atoms with van der Waals surface area (Å²) in [6.45, 7) is 3.84. The van der Waals surface area contributed by atoms with Gasteiger partial charge < -0.3 is 29.7 Å². The molecule has 0 radical (unpaired) electrons. The van der Waals surface area contributed by atoms with Gasteiger partial charge in [0.1, 0.15) is 11.7 Å². The first-order valence-corrected chi connectivity index (χ1v) is 14.0. The second-order valence-corrected chi connectivity index (χ2v) is 11.4. The zero-order valence-electron chi connectivity index (χ0n) is 25.4. The van der Waals surface area contributed by atoms with E-state index in [4.69, 9.17) is 9.31 Å². The van der Waals surface area contributed by atoms with E-state index in [1.165, 1.54) is 56.6 Å². The number of hydrogen-bond donors (Lipinski definition) is 2. The average molecular weight is 594 g/mol. The topological polar surface area (TPSA) is 160 Å². The highest BCUT2D eigenvalue weighted by molar-refractivity contribution is 6.51. The molecule has 2 atom stereocenters. The molecule has 2 aromatic rings. The molecular weight excluding hydrogens is 555 g/mol. The summed E-state index contributed by atoms with van der Waals surface area (Å²) in [5.74, 6) is -3.67. The summed E-state index contributed by atoms with van der Waals surface area (Å²) in [6, 6.07) is 8.13. The van der Waals surface area contributed by atoms with Crippen molar-refractivity contribution in [2.45, 2.75) is 57.1 Å². The van der Waals surface area contributed by atoms with Crippen LogP contribution in [0.5, 0.6) is 0 Å². The van der Waals surface area contributed by atoms with Crippen molar-refractivity contribution in [3.63, 3.8) is 0 Å². The minimum absolute atomic E-state index is 0.0242. The highest BCUT2D eigenvalue weighted by Gasteiger charge is 2.58. The van der Waals surface area contributed by atoms with Crippen LogP contribution in [0.25, 0.3) is 0 Å². The van der Waals surface area contributed by atoms with Crippen LogP contribution in [-0.2, 0) is 34.9 Å². The van der Waals surface area contributed by atoms with E-state index >= 15 is 0 Å². The van der Waals surface area contributed by atoms with Crippen molar-refractivity contribution < 1.29 is 33.3 Å². The van der Waals surface area contributed by atoms with Crippen LogP contribution >= 0.6 is 0 Å². The van der Waals surface area contributed by atoms with Gasteiger partial charge in [-0.1, -0.05) is 44.2 Å². The number of carbonyl (C=O) groups excluding carboxylic acids is 5. The standard InChI is InChI=1S/C29H39BN6O7/c1-19(2)14-23(30-42-28(41)29(43-30,16-24(37)35(3)4)17-25(38)36(5)6)34-26(39)21(15-20-10-8-7-9-11-20)33-27(40)22-18-31-12-13-32-22/h7-13,18-19,21,23H,14-17H2,1-6H3,(H,33,40)(H,34,39)/t21-,23-/m0/s1. The Morgan fingerprint density at radius 1 is 0.953 bits per heavy atom. The molecule has 14 heteroatoms. The Labute approximate surface area is 251 Å². The van der Waals surface area contributed by atoms with E-state index < -0.39 is 67.1 Å². The molecule has 1 aromatic carbocycles. The summed E-state index contributed by atoms with van der Waals surface area (Å²) in [6.07, 6.45) is 3.77. The van der Waals surface area contributed by atoms with Crippen molar-refractivity contribution in [1.29, 1.82) is 0 Å². The molecule has 2 N–H and O–H groups in total. The maximum absolute atomic E-state index is 13.8. The van der Waals surface area contributed by atoms with Crippen LogP contribution in [0.1, 0.15) is 49.2 Å². The van der Waals surface area contributed by atoms with Gasteiger partial charge in [-0.2, -0.15) is 0 Å². The molecule has 1 aliphatic heterocycles. The van der Waals surface area contributed by atoms with Crippen LogP contribution in [-0.4, -0.2) is 102 Å². The monoisotopic (exact) mass is 594 g/mol. The molecule has 13 nitrogen and oxygen atoms in total. The van der Waals surface area contributed by atoms with Crippen LogP contribution in [0.3, 0.4) is 0 Å². The molecule has 1 aliphatic rings. The lowest BCUT2D eigenvalue weighted by Crippen LogP contribution is -2.56. The van der Waals surface area contributed by atoms with Gasteiger partial charge in [-0.25, -0.2) is 4.98 Å². The number of hydrogen-bond acceptors (Lipinski definition) is 9. The lowest BCUT2D eigenvalue weighted by atomic mass is 9.73. The Morgan fingerprint density at radius 2 is 1.58 bits per heavy atom. The molecule has 0 spiro atoms. The third kappa shape index (κ3) is 9.08. The molecule has 43 heavy (non-hydrogen) atoms. The van der Waals surface area contributed by atoms with Crippen molar-refractivity contribution >= 4 is 36.7 Å². The fraction of sp³-hybridized carbons (Fsp3) is 0.483. The quantitative estimate of drug-likeness (QED) is 0.318. The fourth-order valence-electron chi connectivity index (χ4n) is 4.50. The van der Waals surface area contributed by atoms with E-state index in [9.17, 15) is 24.0 Å². The first-order chi connectivity index (χ1) is 20.3. The Bertz CT molecular complexity index is 1270. The number of nitrogens with one attached hydrogen (secondary N) is 2. The number of carbonyl (C=O) groups is 5. The molecule has 0 aliphatic carbocycles. The highest BCUT2D eigenvalue weighted by Crippen LogP contribution is 2.33. The highest BCUT2D eigenvalue weighted by atomic mass is 16.7.